The third kappa shape index (κ3) is 4.68. The molecule has 1 heterocycles. The molecule has 1 N–H and O–H groups in total. The smallest absolute Gasteiger partial charge is 0.306 e. The van der Waals surface area contributed by atoms with Crippen LogP contribution in [-0.4, -0.2) is 56.3 Å². The van der Waals surface area contributed by atoms with Gasteiger partial charge in [-0.1, -0.05) is 0 Å². The molecule has 0 radical (unpaired) electrons. The van der Waals surface area contributed by atoms with Crippen LogP contribution in [0, 0.1) is 11.7 Å². The SMILES string of the molecule is COc1ccc(S(=O)(=O)CCC(=O)N2CCC(C(=O)O)CC2)cc1F. The molecule has 25 heavy (non-hydrogen) atoms. The van der Waals surface area contributed by atoms with Gasteiger partial charge in [0.1, 0.15) is 0 Å². The number of nitrogens with zero attached hydrogens (tertiary/aromatic N) is 1. The van der Waals surface area contributed by atoms with E-state index >= 15 is 0 Å². The molecule has 2 rings (SSSR count). The van der Waals surface area contributed by atoms with Crippen LogP contribution in [0.5, 0.6) is 5.75 Å². The summed E-state index contributed by atoms with van der Waals surface area (Å²) in [7, 11) is -2.53. The number of carboxylic acids is 1. The lowest BCUT2D eigenvalue weighted by Crippen LogP contribution is -2.40. The van der Waals surface area contributed by atoms with Gasteiger partial charge in [0.15, 0.2) is 21.4 Å². The second-order valence-electron chi connectivity index (χ2n) is 5.86. The molecular weight excluding hydrogens is 353 g/mol. The highest BCUT2D eigenvalue weighted by Crippen LogP contribution is 2.22. The molecule has 7 nitrogen and oxygen atoms in total. The zero-order valence-corrected chi connectivity index (χ0v) is 14.6. The summed E-state index contributed by atoms with van der Waals surface area (Å²) in [4.78, 5) is 24.3. The molecule has 1 fully saturated rings. The van der Waals surface area contributed by atoms with Gasteiger partial charge in [0.25, 0.3) is 0 Å². The van der Waals surface area contributed by atoms with Crippen molar-refractivity contribution in [2.24, 2.45) is 5.92 Å². The molecule has 138 valence electrons. The molecule has 1 aliphatic rings. The lowest BCUT2D eigenvalue weighted by atomic mass is 9.97. The highest BCUT2D eigenvalue weighted by atomic mass is 32.2. The molecule has 0 aliphatic carbocycles. The maximum absolute atomic E-state index is 13.7. The molecule has 0 spiro atoms. The number of amides is 1. The van der Waals surface area contributed by atoms with Gasteiger partial charge in [-0.3, -0.25) is 9.59 Å². The van der Waals surface area contributed by atoms with Gasteiger partial charge in [0, 0.05) is 19.5 Å². The van der Waals surface area contributed by atoms with Crippen molar-refractivity contribution in [2.75, 3.05) is 26.0 Å². The number of carbonyl (C=O) groups excluding carboxylic acids is 1. The van der Waals surface area contributed by atoms with Gasteiger partial charge in [-0.15, -0.1) is 0 Å². The molecule has 0 saturated carbocycles. The number of ether oxygens (including phenoxy) is 1. The first-order chi connectivity index (χ1) is 11.7. The summed E-state index contributed by atoms with van der Waals surface area (Å²) in [6.45, 7) is 0.597. The maximum Gasteiger partial charge on any atom is 0.306 e. The molecule has 1 amide bonds. The van der Waals surface area contributed by atoms with E-state index in [9.17, 15) is 22.4 Å². The van der Waals surface area contributed by atoms with Crippen molar-refractivity contribution in [3.63, 3.8) is 0 Å². The molecule has 9 heteroatoms. The second-order valence-corrected chi connectivity index (χ2v) is 7.97. The van der Waals surface area contributed by atoms with E-state index in [1.54, 1.807) is 0 Å². The summed E-state index contributed by atoms with van der Waals surface area (Å²) >= 11 is 0. The summed E-state index contributed by atoms with van der Waals surface area (Å²) in [5.41, 5.74) is 0. The van der Waals surface area contributed by atoms with E-state index < -0.39 is 33.3 Å². The van der Waals surface area contributed by atoms with Crippen LogP contribution < -0.4 is 4.74 Å². The van der Waals surface area contributed by atoms with E-state index in [0.29, 0.717) is 25.9 Å². The maximum atomic E-state index is 13.7. The van der Waals surface area contributed by atoms with Crippen molar-refractivity contribution in [2.45, 2.75) is 24.2 Å². The zero-order valence-electron chi connectivity index (χ0n) is 13.8. The lowest BCUT2D eigenvalue weighted by molar-refractivity contribution is -0.145. The topological polar surface area (TPSA) is 101 Å². The average molecular weight is 373 g/mol. The van der Waals surface area contributed by atoms with Crippen LogP contribution in [0.1, 0.15) is 19.3 Å². The number of carbonyl (C=O) groups is 2. The Morgan fingerprint density at radius 2 is 1.96 bits per heavy atom. The van der Waals surface area contributed by atoms with Gasteiger partial charge >= 0.3 is 5.97 Å². The number of hydrogen-bond donors (Lipinski definition) is 1. The normalized spacial score (nSPS) is 15.8. The standard InChI is InChI=1S/C16H20FNO6S/c1-24-14-3-2-12(10-13(14)17)25(22,23)9-6-15(19)18-7-4-11(5-8-18)16(20)21/h2-3,10-11H,4-9H2,1H3,(H,20,21). The van der Waals surface area contributed by atoms with E-state index in [1.165, 1.54) is 24.1 Å². The number of sulfone groups is 1. The van der Waals surface area contributed by atoms with E-state index in [2.05, 4.69) is 0 Å². The third-order valence-corrected chi connectivity index (χ3v) is 5.98. The van der Waals surface area contributed by atoms with Crippen molar-refractivity contribution in [1.82, 2.24) is 4.90 Å². The molecule has 0 bridgehead atoms. The monoisotopic (exact) mass is 373 g/mol. The molecule has 1 aromatic rings. The Morgan fingerprint density at radius 1 is 1.32 bits per heavy atom. The molecule has 1 aromatic carbocycles. The quantitative estimate of drug-likeness (QED) is 0.807. The first-order valence-corrected chi connectivity index (χ1v) is 9.46. The minimum absolute atomic E-state index is 0.0590. The van der Waals surface area contributed by atoms with Gasteiger partial charge < -0.3 is 14.7 Å². The Kier molecular flexibility index (Phi) is 5.99. The number of benzene rings is 1. The van der Waals surface area contributed by atoms with Crippen molar-refractivity contribution < 1.29 is 32.2 Å². The van der Waals surface area contributed by atoms with E-state index in [-0.39, 0.29) is 23.0 Å². The number of halogens is 1. The van der Waals surface area contributed by atoms with Crippen LogP contribution in [0.25, 0.3) is 0 Å². The Morgan fingerprint density at radius 3 is 2.48 bits per heavy atom. The zero-order chi connectivity index (χ0) is 18.6. The number of carboxylic acid groups (broad SMARTS) is 1. The average Bonchev–Trinajstić information content (AvgIpc) is 2.59. The predicted octanol–water partition coefficient (Wildman–Crippen LogP) is 1.32. The number of methoxy groups -OCH3 is 1. The summed E-state index contributed by atoms with van der Waals surface area (Å²) < 4.78 is 42.9. The Balaban J connectivity index is 1.94. The highest BCUT2D eigenvalue weighted by Gasteiger charge is 2.28. The van der Waals surface area contributed by atoms with Crippen LogP contribution in [0.4, 0.5) is 4.39 Å². The summed E-state index contributed by atoms with van der Waals surface area (Å²) in [6, 6.07) is 3.33. The first-order valence-electron chi connectivity index (χ1n) is 7.81. The highest BCUT2D eigenvalue weighted by molar-refractivity contribution is 7.91. The van der Waals surface area contributed by atoms with Crippen LogP contribution in [0.15, 0.2) is 23.1 Å². The van der Waals surface area contributed by atoms with Crippen LogP contribution in [-0.2, 0) is 19.4 Å². The van der Waals surface area contributed by atoms with Gasteiger partial charge in [0.05, 0.1) is 23.7 Å². The van der Waals surface area contributed by atoms with Crippen LogP contribution in [0.3, 0.4) is 0 Å². The third-order valence-electron chi connectivity index (χ3n) is 4.26. The van der Waals surface area contributed by atoms with Crippen molar-refractivity contribution in [1.29, 1.82) is 0 Å². The van der Waals surface area contributed by atoms with Crippen LogP contribution >= 0.6 is 0 Å². The molecule has 1 aliphatic heterocycles. The number of piperidine rings is 1. The predicted molar refractivity (Wildman–Crippen MR) is 86.6 cm³/mol. The Labute approximate surface area is 145 Å². The van der Waals surface area contributed by atoms with Crippen molar-refractivity contribution in [3.05, 3.63) is 24.0 Å². The summed E-state index contributed by atoms with van der Waals surface area (Å²) in [6.07, 6.45) is 0.489. The minimum Gasteiger partial charge on any atom is -0.494 e. The number of aliphatic carboxylic acids is 1. The van der Waals surface area contributed by atoms with Gasteiger partial charge in [0.2, 0.25) is 5.91 Å². The second kappa shape index (κ2) is 7.81. The number of likely N-dealkylation sites (tertiary alicyclic amines) is 1. The number of rotatable bonds is 6. The lowest BCUT2D eigenvalue weighted by Gasteiger charge is -2.30. The van der Waals surface area contributed by atoms with Gasteiger partial charge in [-0.05, 0) is 31.0 Å². The molecule has 0 unspecified atom stereocenters. The Hall–Kier alpha value is -2.16. The fourth-order valence-electron chi connectivity index (χ4n) is 2.71. The van der Waals surface area contributed by atoms with Crippen molar-refractivity contribution >= 4 is 21.7 Å². The fourth-order valence-corrected chi connectivity index (χ4v) is 3.95. The minimum atomic E-state index is -3.80. The molecular formula is C16H20FNO6S. The largest absolute Gasteiger partial charge is 0.494 e. The molecule has 0 atom stereocenters. The summed E-state index contributed by atoms with van der Waals surface area (Å²) in [5.74, 6) is -2.97. The molecule has 0 aromatic heterocycles. The first kappa shape index (κ1) is 19.2. The summed E-state index contributed by atoms with van der Waals surface area (Å²) in [5, 5.41) is 8.94. The number of hydrogen-bond acceptors (Lipinski definition) is 5. The van der Waals surface area contributed by atoms with E-state index in [0.717, 1.165) is 6.07 Å². The Bertz CT molecular complexity index is 756. The van der Waals surface area contributed by atoms with Crippen molar-refractivity contribution in [3.8, 4) is 5.75 Å². The van der Waals surface area contributed by atoms with Gasteiger partial charge in [-0.2, -0.15) is 0 Å². The molecule has 1 saturated heterocycles. The fraction of sp³-hybridized carbons (Fsp3) is 0.500. The van der Waals surface area contributed by atoms with E-state index in [4.69, 9.17) is 9.84 Å². The van der Waals surface area contributed by atoms with Gasteiger partial charge in [-0.25, -0.2) is 12.8 Å². The van der Waals surface area contributed by atoms with E-state index in [1.807, 2.05) is 0 Å². The van der Waals surface area contributed by atoms with Crippen LogP contribution in [0.2, 0.25) is 0 Å².